The maximum Gasteiger partial charge on any atom is 0.123 e. The van der Waals surface area contributed by atoms with Crippen LogP contribution in [0.2, 0.25) is 0 Å². The summed E-state index contributed by atoms with van der Waals surface area (Å²) in [5, 5.41) is 3.75. The number of halogens is 1. The van der Waals surface area contributed by atoms with Crippen LogP contribution in [0.3, 0.4) is 0 Å². The standard InChI is InChI=1S/C19H30FN/c1-3-4-5-19(17-10-12-18(20)13-11-17)21-14-16-8-6-15(2)7-9-16/h10-13,15-16,19,21H,3-9,14H2,1-2H3. The molecule has 1 N–H and O–H groups in total. The molecule has 21 heavy (non-hydrogen) atoms. The first-order chi connectivity index (χ1) is 10.2. The molecule has 1 nitrogen and oxygen atoms in total. The van der Waals surface area contributed by atoms with Gasteiger partial charge in [0.2, 0.25) is 0 Å². The molecule has 1 atom stereocenters. The van der Waals surface area contributed by atoms with Gasteiger partial charge in [0.05, 0.1) is 0 Å². The maximum atomic E-state index is 13.1. The molecule has 1 aliphatic rings. The molecule has 1 aliphatic carbocycles. The highest BCUT2D eigenvalue weighted by molar-refractivity contribution is 5.19. The zero-order chi connectivity index (χ0) is 15.1. The molecule has 1 fully saturated rings. The van der Waals surface area contributed by atoms with Crippen LogP contribution < -0.4 is 5.32 Å². The van der Waals surface area contributed by atoms with Crippen LogP contribution in [-0.4, -0.2) is 6.54 Å². The summed E-state index contributed by atoms with van der Waals surface area (Å²) < 4.78 is 13.1. The smallest absolute Gasteiger partial charge is 0.123 e. The minimum absolute atomic E-state index is 0.144. The van der Waals surface area contributed by atoms with E-state index in [0.29, 0.717) is 6.04 Å². The Morgan fingerprint density at radius 3 is 2.43 bits per heavy atom. The van der Waals surface area contributed by atoms with Crippen molar-refractivity contribution in [2.24, 2.45) is 11.8 Å². The SMILES string of the molecule is CCCCC(NCC1CCC(C)CC1)c1ccc(F)cc1. The van der Waals surface area contributed by atoms with Gasteiger partial charge in [0, 0.05) is 6.04 Å². The average molecular weight is 291 g/mol. The van der Waals surface area contributed by atoms with Gasteiger partial charge in [0.15, 0.2) is 0 Å². The van der Waals surface area contributed by atoms with Gasteiger partial charge in [-0.25, -0.2) is 4.39 Å². The van der Waals surface area contributed by atoms with Crippen LogP contribution in [0, 0.1) is 17.7 Å². The third-order valence-corrected chi connectivity index (χ3v) is 4.91. The van der Waals surface area contributed by atoms with Crippen molar-refractivity contribution in [2.75, 3.05) is 6.54 Å². The van der Waals surface area contributed by atoms with E-state index in [-0.39, 0.29) is 5.82 Å². The van der Waals surface area contributed by atoms with Gasteiger partial charge < -0.3 is 5.32 Å². The molecule has 2 rings (SSSR count). The van der Waals surface area contributed by atoms with Gasteiger partial charge >= 0.3 is 0 Å². The van der Waals surface area contributed by atoms with E-state index in [1.807, 2.05) is 12.1 Å². The molecule has 0 aromatic heterocycles. The van der Waals surface area contributed by atoms with Gasteiger partial charge in [-0.15, -0.1) is 0 Å². The third-order valence-electron chi connectivity index (χ3n) is 4.91. The lowest BCUT2D eigenvalue weighted by Crippen LogP contribution is -2.29. The highest BCUT2D eigenvalue weighted by Gasteiger charge is 2.19. The largest absolute Gasteiger partial charge is 0.310 e. The number of nitrogens with one attached hydrogen (secondary N) is 1. The van der Waals surface area contributed by atoms with Crippen molar-refractivity contribution in [3.8, 4) is 0 Å². The predicted octanol–water partition coefficient (Wildman–Crippen LogP) is 5.47. The van der Waals surface area contributed by atoms with Crippen LogP contribution in [0.1, 0.15) is 70.4 Å². The van der Waals surface area contributed by atoms with Crippen molar-refractivity contribution in [3.05, 3.63) is 35.6 Å². The second kappa shape index (κ2) is 8.53. The Labute approximate surface area is 129 Å². The molecule has 0 bridgehead atoms. The lowest BCUT2D eigenvalue weighted by molar-refractivity contribution is 0.271. The third kappa shape index (κ3) is 5.43. The molecule has 0 amide bonds. The molecule has 0 heterocycles. The fraction of sp³-hybridized carbons (Fsp3) is 0.684. The van der Waals surface area contributed by atoms with Gasteiger partial charge in [0.25, 0.3) is 0 Å². The van der Waals surface area contributed by atoms with Gasteiger partial charge in [-0.05, 0) is 55.3 Å². The fourth-order valence-electron chi connectivity index (χ4n) is 3.33. The Morgan fingerprint density at radius 1 is 1.14 bits per heavy atom. The van der Waals surface area contributed by atoms with Crippen molar-refractivity contribution in [3.63, 3.8) is 0 Å². The van der Waals surface area contributed by atoms with Crippen LogP contribution in [0.4, 0.5) is 4.39 Å². The van der Waals surface area contributed by atoms with Crippen LogP contribution >= 0.6 is 0 Å². The van der Waals surface area contributed by atoms with E-state index in [1.165, 1.54) is 44.1 Å². The lowest BCUT2D eigenvalue weighted by Gasteiger charge is -2.28. The van der Waals surface area contributed by atoms with Gasteiger partial charge in [0.1, 0.15) is 5.82 Å². The minimum Gasteiger partial charge on any atom is -0.310 e. The summed E-state index contributed by atoms with van der Waals surface area (Å²) in [6.07, 6.45) is 9.05. The summed E-state index contributed by atoms with van der Waals surface area (Å²) in [5.74, 6) is 1.59. The number of hydrogen-bond acceptors (Lipinski definition) is 1. The van der Waals surface area contributed by atoms with E-state index in [9.17, 15) is 4.39 Å². The zero-order valence-electron chi connectivity index (χ0n) is 13.6. The maximum absolute atomic E-state index is 13.1. The second-order valence-electron chi connectivity index (χ2n) is 6.78. The number of benzene rings is 1. The highest BCUT2D eigenvalue weighted by atomic mass is 19.1. The molecule has 0 spiro atoms. The quantitative estimate of drug-likeness (QED) is 0.702. The Balaban J connectivity index is 1.88. The van der Waals surface area contributed by atoms with Gasteiger partial charge in [-0.2, -0.15) is 0 Å². The van der Waals surface area contributed by atoms with Crippen LogP contribution in [0.25, 0.3) is 0 Å². The number of hydrogen-bond donors (Lipinski definition) is 1. The second-order valence-corrected chi connectivity index (χ2v) is 6.78. The topological polar surface area (TPSA) is 12.0 Å². The molecule has 0 aliphatic heterocycles. The highest BCUT2D eigenvalue weighted by Crippen LogP contribution is 2.29. The van der Waals surface area contributed by atoms with Crippen molar-refractivity contribution in [1.82, 2.24) is 5.32 Å². The van der Waals surface area contributed by atoms with Crippen LogP contribution in [-0.2, 0) is 0 Å². The van der Waals surface area contributed by atoms with Crippen molar-refractivity contribution < 1.29 is 4.39 Å². The molecular weight excluding hydrogens is 261 g/mol. The van der Waals surface area contributed by atoms with Crippen LogP contribution in [0.5, 0.6) is 0 Å². The Bertz CT molecular complexity index is 393. The first kappa shape index (κ1) is 16.5. The monoisotopic (exact) mass is 291 g/mol. The number of rotatable bonds is 7. The number of unbranched alkanes of at least 4 members (excludes halogenated alkanes) is 1. The molecule has 2 heteroatoms. The van der Waals surface area contributed by atoms with E-state index < -0.39 is 0 Å². The van der Waals surface area contributed by atoms with Crippen molar-refractivity contribution in [1.29, 1.82) is 0 Å². The van der Waals surface area contributed by atoms with E-state index in [2.05, 4.69) is 19.2 Å². The fourth-order valence-corrected chi connectivity index (χ4v) is 3.33. The van der Waals surface area contributed by atoms with E-state index in [0.717, 1.165) is 24.8 Å². The summed E-state index contributed by atoms with van der Waals surface area (Å²) in [6.45, 7) is 5.70. The van der Waals surface area contributed by atoms with Crippen molar-refractivity contribution in [2.45, 2.75) is 64.8 Å². The van der Waals surface area contributed by atoms with Gasteiger partial charge in [-0.1, -0.05) is 51.7 Å². The first-order valence-corrected chi connectivity index (χ1v) is 8.68. The Morgan fingerprint density at radius 2 is 1.81 bits per heavy atom. The van der Waals surface area contributed by atoms with E-state index in [1.54, 1.807) is 12.1 Å². The summed E-state index contributed by atoms with van der Waals surface area (Å²) in [7, 11) is 0. The van der Waals surface area contributed by atoms with Gasteiger partial charge in [-0.3, -0.25) is 0 Å². The van der Waals surface area contributed by atoms with Crippen LogP contribution in [0.15, 0.2) is 24.3 Å². The van der Waals surface area contributed by atoms with E-state index in [4.69, 9.17) is 0 Å². The minimum atomic E-state index is -0.144. The lowest BCUT2D eigenvalue weighted by atomic mass is 9.83. The summed E-state index contributed by atoms with van der Waals surface area (Å²) in [5.41, 5.74) is 1.23. The molecule has 1 aromatic rings. The zero-order valence-corrected chi connectivity index (χ0v) is 13.6. The molecular formula is C19H30FN. The normalized spacial score (nSPS) is 24.0. The molecule has 118 valence electrons. The first-order valence-electron chi connectivity index (χ1n) is 8.68. The summed E-state index contributed by atoms with van der Waals surface area (Å²) in [6, 6.07) is 7.41. The van der Waals surface area contributed by atoms with Crippen molar-refractivity contribution >= 4 is 0 Å². The molecule has 1 aromatic carbocycles. The molecule has 1 saturated carbocycles. The molecule has 1 unspecified atom stereocenters. The molecule has 0 saturated heterocycles. The Hall–Kier alpha value is -0.890. The van der Waals surface area contributed by atoms with E-state index >= 15 is 0 Å². The Kier molecular flexibility index (Phi) is 6.69. The summed E-state index contributed by atoms with van der Waals surface area (Å²) >= 11 is 0. The average Bonchev–Trinajstić information content (AvgIpc) is 2.50. The molecule has 0 radical (unpaired) electrons. The summed E-state index contributed by atoms with van der Waals surface area (Å²) in [4.78, 5) is 0. The predicted molar refractivity (Wildman–Crippen MR) is 87.8 cm³/mol.